The number of amides is 1. The van der Waals surface area contributed by atoms with Crippen molar-refractivity contribution in [3.63, 3.8) is 0 Å². The highest BCUT2D eigenvalue weighted by Gasteiger charge is 2.73. The van der Waals surface area contributed by atoms with Crippen LogP contribution in [0.15, 0.2) is 42.5 Å². The second kappa shape index (κ2) is 8.89. The Morgan fingerprint density at radius 1 is 1.14 bits per heavy atom. The molecule has 2 aliphatic heterocycles. The molecule has 2 bridgehead atoms. The molecule has 3 aliphatic carbocycles. The minimum atomic E-state index is -0.915. The monoisotopic (exact) mass is 524 g/mol. The van der Waals surface area contributed by atoms with Gasteiger partial charge in [-0.1, -0.05) is 36.4 Å². The van der Waals surface area contributed by atoms with Crippen LogP contribution in [0.2, 0.25) is 0 Å². The van der Waals surface area contributed by atoms with Gasteiger partial charge in [-0.15, -0.1) is 12.4 Å². The molecule has 2 N–H and O–H groups in total. The molecule has 1 spiro atoms. The Morgan fingerprint density at radius 2 is 1.92 bits per heavy atom. The summed E-state index contributed by atoms with van der Waals surface area (Å²) < 4.78 is 6.63. The molecule has 1 amide bonds. The van der Waals surface area contributed by atoms with E-state index in [1.54, 1.807) is 6.07 Å². The van der Waals surface area contributed by atoms with Crippen molar-refractivity contribution in [2.45, 2.75) is 80.6 Å². The zero-order chi connectivity index (χ0) is 24.7. The summed E-state index contributed by atoms with van der Waals surface area (Å²) in [5, 5.41) is 23.4. The van der Waals surface area contributed by atoms with Crippen molar-refractivity contribution in [3.05, 3.63) is 59.2 Å². The van der Waals surface area contributed by atoms with Gasteiger partial charge in [0.05, 0.1) is 17.1 Å². The Labute approximate surface area is 225 Å². The molecule has 5 aliphatic rings. The van der Waals surface area contributed by atoms with Crippen LogP contribution < -0.4 is 4.74 Å². The number of hydrogen-bond donors (Lipinski definition) is 2. The number of aryl methyl sites for hydroxylation is 1. The third kappa shape index (κ3) is 3.55. The van der Waals surface area contributed by atoms with E-state index in [4.69, 9.17) is 4.74 Å². The summed E-state index contributed by atoms with van der Waals surface area (Å²) in [5.41, 5.74) is 1.87. The fourth-order valence-electron chi connectivity index (χ4n) is 8.11. The van der Waals surface area contributed by atoms with Gasteiger partial charge in [0.2, 0.25) is 5.91 Å². The quantitative estimate of drug-likeness (QED) is 0.601. The van der Waals surface area contributed by atoms with Crippen LogP contribution in [0, 0.1) is 5.92 Å². The third-order valence-electron chi connectivity index (χ3n) is 10.1. The highest BCUT2D eigenvalue weighted by molar-refractivity contribution is 5.85. The summed E-state index contributed by atoms with van der Waals surface area (Å²) in [5.74, 6) is 1.56. The van der Waals surface area contributed by atoms with E-state index in [1.807, 2.05) is 36.2 Å². The lowest BCUT2D eigenvalue weighted by molar-refractivity contribution is -0.200. The number of phenolic OH excluding ortho intramolecular Hbond substituents is 1. The van der Waals surface area contributed by atoms with Gasteiger partial charge >= 0.3 is 0 Å². The predicted octanol–water partition coefficient (Wildman–Crippen LogP) is 3.84. The molecule has 2 aromatic carbocycles. The summed E-state index contributed by atoms with van der Waals surface area (Å²) in [4.78, 5) is 17.8. The highest BCUT2D eigenvalue weighted by atomic mass is 35.5. The number of likely N-dealkylation sites (tertiary alicyclic amines) is 1. The predicted molar refractivity (Wildman–Crippen MR) is 143 cm³/mol. The Morgan fingerprint density at radius 3 is 2.68 bits per heavy atom. The largest absolute Gasteiger partial charge is 0.504 e. The maximum Gasteiger partial charge on any atom is 0.223 e. The van der Waals surface area contributed by atoms with E-state index in [-0.39, 0.29) is 42.3 Å². The average molecular weight is 525 g/mol. The van der Waals surface area contributed by atoms with Gasteiger partial charge in [0.1, 0.15) is 6.10 Å². The number of phenols is 1. The zero-order valence-corrected chi connectivity index (χ0v) is 22.3. The van der Waals surface area contributed by atoms with Crippen LogP contribution in [-0.4, -0.2) is 69.8 Å². The number of aliphatic hydroxyl groups is 1. The van der Waals surface area contributed by atoms with Crippen molar-refractivity contribution in [1.82, 2.24) is 9.80 Å². The number of benzene rings is 2. The van der Waals surface area contributed by atoms with Gasteiger partial charge in [0.15, 0.2) is 11.5 Å². The van der Waals surface area contributed by atoms with E-state index in [2.05, 4.69) is 17.0 Å². The molecule has 1 saturated heterocycles. The number of nitrogens with zero attached hydrogens (tertiary/aromatic N) is 2. The van der Waals surface area contributed by atoms with E-state index >= 15 is 0 Å². The van der Waals surface area contributed by atoms with Crippen LogP contribution in [0.5, 0.6) is 11.5 Å². The molecule has 7 heteroatoms. The molecule has 7 rings (SSSR count). The molecule has 0 radical (unpaired) electrons. The van der Waals surface area contributed by atoms with Crippen molar-refractivity contribution >= 4 is 18.3 Å². The number of carbonyl (C=O) groups excluding carboxylic acids is 1. The van der Waals surface area contributed by atoms with Gasteiger partial charge in [0, 0.05) is 31.6 Å². The van der Waals surface area contributed by atoms with Gasteiger partial charge in [-0.3, -0.25) is 9.69 Å². The van der Waals surface area contributed by atoms with Gasteiger partial charge in [-0.2, -0.15) is 0 Å². The van der Waals surface area contributed by atoms with Crippen molar-refractivity contribution in [1.29, 1.82) is 0 Å². The van der Waals surface area contributed by atoms with Gasteiger partial charge < -0.3 is 19.8 Å². The Bertz CT molecular complexity index is 1200. The fraction of sp³-hybridized carbons (Fsp3) is 0.567. The maximum atomic E-state index is 13.4. The summed E-state index contributed by atoms with van der Waals surface area (Å²) in [6.45, 7) is 1.99. The minimum Gasteiger partial charge on any atom is -0.504 e. The lowest BCUT2D eigenvalue weighted by Crippen LogP contribution is -2.78. The number of carbonyl (C=O) groups is 1. The van der Waals surface area contributed by atoms with Gasteiger partial charge in [-0.05, 0) is 74.6 Å². The Hall–Kier alpha value is -2.28. The van der Waals surface area contributed by atoms with E-state index in [0.717, 1.165) is 43.0 Å². The first kappa shape index (κ1) is 25.0. The van der Waals surface area contributed by atoms with Crippen molar-refractivity contribution in [2.24, 2.45) is 5.92 Å². The second-order valence-corrected chi connectivity index (χ2v) is 11.9. The standard InChI is InChI=1S/C30H36N2O4.ClH/c1-31(25(34)12-9-19-5-3-2-4-6-19)22-13-14-30(35)24-17-21-10-11-23(33)27-26(21)29(30,28(22)36-27)15-16-32(24)18-20-7-8-20;/h2-6,10-11,20,22,24,28,33,35H,7-9,12-18H2,1H3;1H/t22-,24-,28+,29+,30-;/m1./s1. The first-order chi connectivity index (χ1) is 17.4. The third-order valence-corrected chi connectivity index (χ3v) is 10.1. The molecule has 2 heterocycles. The SMILES string of the molecule is CN(C(=O)CCc1ccccc1)[C@@H]1CC[C@@]2(O)[C@H]3Cc4ccc(O)c5c4[C@@]2(CCN3CC2CC2)[C@H]1O5.Cl. The number of aromatic hydroxyl groups is 1. The minimum absolute atomic E-state index is 0. The van der Waals surface area contributed by atoms with Crippen LogP contribution in [0.1, 0.15) is 55.2 Å². The molecular formula is C30H37ClN2O4. The number of piperidine rings is 1. The van der Waals surface area contributed by atoms with Crippen LogP contribution in [-0.2, 0) is 23.1 Å². The topological polar surface area (TPSA) is 73.2 Å². The van der Waals surface area contributed by atoms with E-state index in [9.17, 15) is 15.0 Å². The van der Waals surface area contributed by atoms with Crippen molar-refractivity contribution in [2.75, 3.05) is 20.1 Å². The fourth-order valence-corrected chi connectivity index (χ4v) is 8.11. The molecule has 3 fully saturated rings. The smallest absolute Gasteiger partial charge is 0.223 e. The number of ether oxygens (including phenoxy) is 1. The summed E-state index contributed by atoms with van der Waals surface area (Å²) >= 11 is 0. The number of hydrogen-bond acceptors (Lipinski definition) is 5. The Kier molecular flexibility index (Phi) is 6.01. The normalized spacial score (nSPS) is 33.2. The lowest BCUT2D eigenvalue weighted by Gasteiger charge is -2.64. The first-order valence-electron chi connectivity index (χ1n) is 13.7. The highest BCUT2D eigenvalue weighted by Crippen LogP contribution is 2.66. The van der Waals surface area contributed by atoms with Crippen LogP contribution in [0.4, 0.5) is 0 Å². The number of halogens is 1. The molecule has 5 atom stereocenters. The molecule has 0 unspecified atom stereocenters. The average Bonchev–Trinajstić information content (AvgIpc) is 3.63. The molecule has 2 saturated carbocycles. The molecule has 37 heavy (non-hydrogen) atoms. The van der Waals surface area contributed by atoms with Crippen LogP contribution in [0.25, 0.3) is 0 Å². The molecule has 0 aromatic heterocycles. The van der Waals surface area contributed by atoms with E-state index < -0.39 is 11.0 Å². The first-order valence-corrected chi connectivity index (χ1v) is 13.7. The molecule has 6 nitrogen and oxygen atoms in total. The lowest BCUT2D eigenvalue weighted by atomic mass is 9.48. The molecule has 198 valence electrons. The van der Waals surface area contributed by atoms with Gasteiger partial charge in [0.25, 0.3) is 0 Å². The van der Waals surface area contributed by atoms with Gasteiger partial charge in [-0.25, -0.2) is 0 Å². The van der Waals surface area contributed by atoms with Crippen LogP contribution >= 0.6 is 12.4 Å². The van der Waals surface area contributed by atoms with Crippen molar-refractivity contribution in [3.8, 4) is 11.5 Å². The van der Waals surface area contributed by atoms with Crippen molar-refractivity contribution < 1.29 is 19.7 Å². The zero-order valence-electron chi connectivity index (χ0n) is 21.4. The van der Waals surface area contributed by atoms with Crippen LogP contribution in [0.3, 0.4) is 0 Å². The summed E-state index contributed by atoms with van der Waals surface area (Å²) in [6.07, 6.45) is 6.33. The number of rotatable bonds is 6. The van der Waals surface area contributed by atoms with E-state index in [0.29, 0.717) is 31.4 Å². The molecule has 2 aromatic rings. The van der Waals surface area contributed by atoms with E-state index in [1.165, 1.54) is 18.4 Å². The number of likely N-dealkylation sites (N-methyl/N-ethyl adjacent to an activating group) is 1. The maximum absolute atomic E-state index is 13.4. The summed E-state index contributed by atoms with van der Waals surface area (Å²) in [6, 6.07) is 13.8. The summed E-state index contributed by atoms with van der Waals surface area (Å²) in [7, 11) is 1.90. The Balaban J connectivity index is 0.00000252. The second-order valence-electron chi connectivity index (χ2n) is 11.9. The molecular weight excluding hydrogens is 488 g/mol.